The molecule has 0 unspecified atom stereocenters. The zero-order chi connectivity index (χ0) is 25.2. The van der Waals surface area contributed by atoms with Crippen molar-refractivity contribution in [1.82, 2.24) is 14.7 Å². The van der Waals surface area contributed by atoms with Crippen LogP contribution in [0.4, 0.5) is 17.6 Å². The lowest BCUT2D eigenvalue weighted by Gasteiger charge is -2.49. The van der Waals surface area contributed by atoms with Gasteiger partial charge in [-0.15, -0.1) is 0 Å². The molecule has 1 aliphatic heterocycles. The molecular weight excluding hydrogens is 466 g/mol. The fourth-order valence-corrected chi connectivity index (χ4v) is 4.98. The van der Waals surface area contributed by atoms with Crippen molar-refractivity contribution in [3.8, 4) is 0 Å². The maximum atomic E-state index is 15.2. The van der Waals surface area contributed by atoms with Crippen LogP contribution in [0.25, 0.3) is 5.65 Å². The van der Waals surface area contributed by atoms with E-state index in [1.54, 1.807) is 23.7 Å². The molecule has 3 aromatic rings. The Morgan fingerprint density at radius 1 is 1.29 bits per heavy atom. The number of aromatic nitrogens is 2. The van der Waals surface area contributed by atoms with Gasteiger partial charge < -0.3 is 19.6 Å². The zero-order valence-corrected chi connectivity index (χ0v) is 19.2. The molecule has 1 saturated carbocycles. The second kappa shape index (κ2) is 8.03. The first-order valence-corrected chi connectivity index (χ1v) is 11.4. The first-order valence-electron chi connectivity index (χ1n) is 11.4. The van der Waals surface area contributed by atoms with Gasteiger partial charge in [-0.3, -0.25) is 4.79 Å². The van der Waals surface area contributed by atoms with Crippen LogP contribution in [0.1, 0.15) is 64.7 Å². The Hall–Kier alpha value is -2.98. The van der Waals surface area contributed by atoms with E-state index in [-0.39, 0.29) is 30.8 Å². The standard InChI is InChI=1S/C25H25F4N3O3/c1-14-11-32-12-16(15-3-4-15)10-30-21(32)20(14)22(33)31-24(7-8-35-13-23(24,2)34)18-6-5-17(9-19(18)26)25(27,28)29/h5-6,9-12,15,34H,3-4,7-8,13H2,1-2H3,(H,31,33)/t23-,24+/m1/s1. The molecule has 1 aliphatic carbocycles. The molecule has 0 radical (unpaired) electrons. The molecule has 1 aromatic carbocycles. The largest absolute Gasteiger partial charge is 0.416 e. The van der Waals surface area contributed by atoms with Crippen molar-refractivity contribution in [3.05, 3.63) is 70.4 Å². The molecule has 1 saturated heterocycles. The van der Waals surface area contributed by atoms with Gasteiger partial charge in [0.15, 0.2) is 0 Å². The Labute approximate surface area is 198 Å². The van der Waals surface area contributed by atoms with Gasteiger partial charge in [0.25, 0.3) is 5.91 Å². The summed E-state index contributed by atoms with van der Waals surface area (Å²) in [6, 6.07) is 2.11. The topological polar surface area (TPSA) is 75.9 Å². The molecule has 186 valence electrons. The maximum Gasteiger partial charge on any atom is 0.416 e. The molecule has 2 N–H and O–H groups in total. The van der Waals surface area contributed by atoms with E-state index >= 15 is 4.39 Å². The fourth-order valence-electron chi connectivity index (χ4n) is 4.98. The number of nitrogens with zero attached hydrogens (tertiary/aromatic N) is 2. The van der Waals surface area contributed by atoms with Crippen molar-refractivity contribution < 1.29 is 32.2 Å². The highest BCUT2D eigenvalue weighted by Gasteiger charge is 2.53. The molecule has 2 fully saturated rings. The number of amides is 1. The van der Waals surface area contributed by atoms with E-state index in [9.17, 15) is 23.1 Å². The second-order valence-electron chi connectivity index (χ2n) is 9.71. The molecule has 2 atom stereocenters. The van der Waals surface area contributed by atoms with Crippen molar-refractivity contribution in [2.75, 3.05) is 13.2 Å². The number of carbonyl (C=O) groups is 1. The van der Waals surface area contributed by atoms with Gasteiger partial charge in [0, 0.05) is 37.2 Å². The minimum atomic E-state index is -4.73. The van der Waals surface area contributed by atoms with Crippen LogP contribution in [0, 0.1) is 12.7 Å². The quantitative estimate of drug-likeness (QED) is 0.528. The lowest BCUT2D eigenvalue weighted by molar-refractivity contribution is -0.140. The minimum Gasteiger partial charge on any atom is -0.385 e. The number of halogens is 4. The van der Waals surface area contributed by atoms with E-state index in [0.29, 0.717) is 23.2 Å². The number of carbonyl (C=O) groups excluding carboxylic acids is 1. The molecule has 0 spiro atoms. The predicted molar refractivity (Wildman–Crippen MR) is 119 cm³/mol. The number of nitrogens with one attached hydrogen (secondary N) is 1. The summed E-state index contributed by atoms with van der Waals surface area (Å²) >= 11 is 0. The average molecular weight is 491 g/mol. The Morgan fingerprint density at radius 2 is 2.03 bits per heavy atom. The smallest absolute Gasteiger partial charge is 0.385 e. The number of fused-ring (bicyclic) bond motifs is 1. The number of hydrogen-bond acceptors (Lipinski definition) is 4. The van der Waals surface area contributed by atoms with Crippen molar-refractivity contribution in [3.63, 3.8) is 0 Å². The third-order valence-electron chi connectivity index (χ3n) is 7.10. The number of aryl methyl sites for hydroxylation is 1. The van der Waals surface area contributed by atoms with Crippen LogP contribution in [0.5, 0.6) is 0 Å². The van der Waals surface area contributed by atoms with Gasteiger partial charge >= 0.3 is 6.18 Å². The Morgan fingerprint density at radius 3 is 2.66 bits per heavy atom. The lowest BCUT2D eigenvalue weighted by atomic mass is 9.71. The normalized spacial score (nSPS) is 25.1. The van der Waals surface area contributed by atoms with E-state index in [1.807, 2.05) is 6.20 Å². The number of benzene rings is 1. The highest BCUT2D eigenvalue weighted by molar-refractivity contribution is 6.02. The molecule has 35 heavy (non-hydrogen) atoms. The number of hydrogen-bond donors (Lipinski definition) is 2. The highest BCUT2D eigenvalue weighted by Crippen LogP contribution is 2.43. The van der Waals surface area contributed by atoms with Gasteiger partial charge in [-0.05, 0) is 55.9 Å². The van der Waals surface area contributed by atoms with Gasteiger partial charge in [-0.1, -0.05) is 6.07 Å². The van der Waals surface area contributed by atoms with Crippen LogP contribution in [-0.2, 0) is 16.5 Å². The maximum absolute atomic E-state index is 15.2. The zero-order valence-electron chi connectivity index (χ0n) is 19.2. The summed E-state index contributed by atoms with van der Waals surface area (Å²) in [4.78, 5) is 18.1. The summed E-state index contributed by atoms with van der Waals surface area (Å²) in [7, 11) is 0. The van der Waals surface area contributed by atoms with Gasteiger partial charge in [0.2, 0.25) is 0 Å². The number of ether oxygens (including phenoxy) is 1. The SMILES string of the molecule is Cc1cn2cc(C3CC3)cnc2c1C(=O)N[C@]1(c2ccc(C(F)(F)F)cc2F)CCOC[C@@]1(C)O. The highest BCUT2D eigenvalue weighted by atomic mass is 19.4. The summed E-state index contributed by atoms with van der Waals surface area (Å²) in [6.45, 7) is 2.93. The number of alkyl halides is 3. The first-order chi connectivity index (χ1) is 16.4. The van der Waals surface area contributed by atoms with Crippen molar-refractivity contribution >= 4 is 11.6 Å². The third-order valence-corrected chi connectivity index (χ3v) is 7.10. The van der Waals surface area contributed by atoms with Gasteiger partial charge in [0.05, 0.1) is 17.7 Å². The fraction of sp³-hybridized carbons (Fsp3) is 0.440. The van der Waals surface area contributed by atoms with Crippen LogP contribution in [0.15, 0.2) is 36.8 Å². The van der Waals surface area contributed by atoms with Crippen LogP contribution >= 0.6 is 0 Å². The summed E-state index contributed by atoms with van der Waals surface area (Å²) < 4.78 is 61.8. The van der Waals surface area contributed by atoms with Crippen LogP contribution in [0.3, 0.4) is 0 Å². The molecule has 1 amide bonds. The number of rotatable bonds is 4. The van der Waals surface area contributed by atoms with Crippen molar-refractivity contribution in [2.45, 2.75) is 56.3 Å². The molecule has 2 aromatic heterocycles. The first kappa shape index (κ1) is 23.7. The Balaban J connectivity index is 1.58. The van der Waals surface area contributed by atoms with E-state index in [1.165, 1.54) is 6.92 Å². The van der Waals surface area contributed by atoms with Crippen LogP contribution in [-0.4, -0.2) is 39.2 Å². The minimum absolute atomic E-state index is 0.0435. The number of aliphatic hydroxyl groups is 1. The Bertz CT molecular complexity index is 1310. The molecule has 2 aliphatic rings. The summed E-state index contributed by atoms with van der Waals surface area (Å²) in [5.74, 6) is -1.32. The second-order valence-corrected chi connectivity index (χ2v) is 9.71. The molecule has 5 rings (SSSR count). The van der Waals surface area contributed by atoms with E-state index in [4.69, 9.17) is 4.74 Å². The molecule has 3 heterocycles. The van der Waals surface area contributed by atoms with Crippen LogP contribution in [0.2, 0.25) is 0 Å². The molecular formula is C25H25F4N3O3. The average Bonchev–Trinajstić information content (AvgIpc) is 3.56. The van der Waals surface area contributed by atoms with E-state index in [2.05, 4.69) is 10.3 Å². The lowest BCUT2D eigenvalue weighted by Crippen LogP contribution is -2.65. The Kier molecular flexibility index (Phi) is 5.45. The van der Waals surface area contributed by atoms with Crippen molar-refractivity contribution in [1.29, 1.82) is 0 Å². The summed E-state index contributed by atoms with van der Waals surface area (Å²) in [6.07, 6.45) is 2.85. The van der Waals surface area contributed by atoms with Gasteiger partial charge in [-0.2, -0.15) is 13.2 Å². The summed E-state index contributed by atoms with van der Waals surface area (Å²) in [5, 5.41) is 14.1. The van der Waals surface area contributed by atoms with E-state index < -0.39 is 34.6 Å². The van der Waals surface area contributed by atoms with Gasteiger partial charge in [-0.25, -0.2) is 9.37 Å². The molecule has 6 nitrogen and oxygen atoms in total. The molecule has 10 heteroatoms. The third kappa shape index (κ3) is 3.98. The molecule has 0 bridgehead atoms. The van der Waals surface area contributed by atoms with Crippen molar-refractivity contribution in [2.24, 2.45) is 0 Å². The monoisotopic (exact) mass is 491 g/mol. The summed E-state index contributed by atoms with van der Waals surface area (Å²) in [5.41, 5.74) is -2.58. The predicted octanol–water partition coefficient (Wildman–Crippen LogP) is 4.47. The van der Waals surface area contributed by atoms with Gasteiger partial charge in [0.1, 0.15) is 22.6 Å². The van der Waals surface area contributed by atoms with E-state index in [0.717, 1.165) is 30.5 Å². The van der Waals surface area contributed by atoms with Crippen LogP contribution < -0.4 is 5.32 Å².